The summed E-state index contributed by atoms with van der Waals surface area (Å²) in [5.41, 5.74) is 0. The molecule has 28 heavy (non-hydrogen) atoms. The number of hydrogen-bond donors (Lipinski definition) is 1. The first-order chi connectivity index (χ1) is 12.4. The van der Waals surface area contributed by atoms with Gasteiger partial charge in [0.05, 0.1) is 0 Å². The van der Waals surface area contributed by atoms with Crippen molar-refractivity contribution in [2.24, 2.45) is 0 Å². The van der Waals surface area contributed by atoms with Gasteiger partial charge in [-0.1, -0.05) is 18.2 Å². The standard InChI is InChI=1S/C12H15F12N3O/c1-3-4-5-25-7(28)6(13)9(16,17)26(2)10(18,19)11(20,21)27(8(14)15)12(22,23)24/h6,8H,3-5H2,1-2H3,(H,25,28). The third-order valence-corrected chi connectivity index (χ3v) is 3.37. The molecule has 0 aliphatic rings. The van der Waals surface area contributed by atoms with Gasteiger partial charge in [0.25, 0.3) is 12.1 Å². The summed E-state index contributed by atoms with van der Waals surface area (Å²) in [7, 11) is -0.653. The largest absolute Gasteiger partial charge is 0.469 e. The minimum atomic E-state index is -6.96. The summed E-state index contributed by atoms with van der Waals surface area (Å²) in [6, 6.07) is -19.4. The van der Waals surface area contributed by atoms with Crippen LogP contribution in [0.15, 0.2) is 0 Å². The molecule has 0 rings (SSSR count). The number of carbonyl (C=O) groups excluding carboxylic acids is 1. The zero-order chi connectivity index (χ0) is 22.7. The van der Waals surface area contributed by atoms with Crippen molar-refractivity contribution in [3.05, 3.63) is 0 Å². The highest BCUT2D eigenvalue weighted by atomic mass is 19.4. The van der Waals surface area contributed by atoms with E-state index in [0.717, 1.165) is 0 Å². The van der Waals surface area contributed by atoms with Gasteiger partial charge in [-0.25, -0.2) is 4.39 Å². The highest BCUT2D eigenvalue weighted by Crippen LogP contribution is 2.48. The molecule has 1 unspecified atom stereocenters. The zero-order valence-electron chi connectivity index (χ0n) is 14.1. The first kappa shape index (κ1) is 26.6. The smallest absolute Gasteiger partial charge is 0.353 e. The first-order valence-electron chi connectivity index (χ1n) is 7.30. The van der Waals surface area contributed by atoms with E-state index in [0.29, 0.717) is 6.42 Å². The van der Waals surface area contributed by atoms with Crippen molar-refractivity contribution >= 4 is 5.91 Å². The molecule has 0 aliphatic carbocycles. The molecule has 0 heterocycles. The molecular weight excluding hydrogens is 430 g/mol. The number of likely N-dealkylation sites (N-methyl/N-ethyl adjacent to an activating group) is 1. The highest BCUT2D eigenvalue weighted by molar-refractivity contribution is 5.81. The Bertz CT molecular complexity index is 524. The lowest BCUT2D eigenvalue weighted by atomic mass is 10.2. The molecule has 0 saturated heterocycles. The molecule has 0 aromatic rings. The van der Waals surface area contributed by atoms with Gasteiger partial charge >= 0.3 is 31.0 Å². The van der Waals surface area contributed by atoms with Crippen LogP contribution in [0.2, 0.25) is 0 Å². The summed E-state index contributed by atoms with van der Waals surface area (Å²) >= 11 is 0. The number of nitrogens with zero attached hydrogens (tertiary/aromatic N) is 2. The number of carbonyl (C=O) groups is 1. The zero-order valence-corrected chi connectivity index (χ0v) is 14.1. The molecule has 16 heteroatoms. The maximum absolute atomic E-state index is 13.7. The van der Waals surface area contributed by atoms with Crippen LogP contribution in [0.5, 0.6) is 0 Å². The van der Waals surface area contributed by atoms with E-state index in [4.69, 9.17) is 0 Å². The van der Waals surface area contributed by atoms with Crippen LogP contribution in [-0.4, -0.2) is 66.5 Å². The molecule has 0 aliphatic heterocycles. The third kappa shape index (κ3) is 5.33. The summed E-state index contributed by atoms with van der Waals surface area (Å²) in [4.78, 5) is 5.75. The number of hydrogen-bond acceptors (Lipinski definition) is 3. The predicted octanol–water partition coefficient (Wildman–Crippen LogP) is 4.00. The molecular formula is C12H15F12N3O. The van der Waals surface area contributed by atoms with Gasteiger partial charge < -0.3 is 5.32 Å². The molecule has 1 N–H and O–H groups in total. The Morgan fingerprint density at radius 3 is 1.75 bits per heavy atom. The summed E-state index contributed by atoms with van der Waals surface area (Å²) in [5, 5.41) is 1.54. The number of alkyl halides is 12. The fourth-order valence-electron chi connectivity index (χ4n) is 1.73. The van der Waals surface area contributed by atoms with Crippen LogP contribution in [-0.2, 0) is 4.79 Å². The van der Waals surface area contributed by atoms with Gasteiger partial charge in [-0.2, -0.15) is 53.2 Å². The summed E-state index contributed by atoms with van der Waals surface area (Å²) in [6.07, 6.45) is -10.5. The molecule has 1 atom stereocenters. The lowest BCUT2D eigenvalue weighted by Crippen LogP contribution is -2.70. The summed E-state index contributed by atoms with van der Waals surface area (Å²) in [5.74, 6) is -2.22. The van der Waals surface area contributed by atoms with Gasteiger partial charge in [-0.3, -0.25) is 4.79 Å². The van der Waals surface area contributed by atoms with Gasteiger partial charge in [0.1, 0.15) is 0 Å². The van der Waals surface area contributed by atoms with E-state index in [-0.39, 0.29) is 6.42 Å². The third-order valence-electron chi connectivity index (χ3n) is 3.37. The average molecular weight is 445 g/mol. The molecule has 0 spiro atoms. The van der Waals surface area contributed by atoms with Crippen molar-refractivity contribution in [2.75, 3.05) is 13.6 Å². The van der Waals surface area contributed by atoms with Crippen LogP contribution in [0.1, 0.15) is 19.8 Å². The highest BCUT2D eigenvalue weighted by Gasteiger charge is 2.75. The first-order valence-corrected chi connectivity index (χ1v) is 7.30. The quantitative estimate of drug-likeness (QED) is 0.314. The Morgan fingerprint density at radius 2 is 1.39 bits per heavy atom. The van der Waals surface area contributed by atoms with Crippen LogP contribution in [0.25, 0.3) is 0 Å². The molecule has 0 saturated carbocycles. The number of halogens is 12. The number of nitrogens with one attached hydrogen (secondary N) is 1. The van der Waals surface area contributed by atoms with Crippen molar-refractivity contribution in [2.45, 2.75) is 56.9 Å². The summed E-state index contributed by atoms with van der Waals surface area (Å²) in [6.45, 7) is -4.10. The Labute approximate surface area is 150 Å². The van der Waals surface area contributed by atoms with E-state index in [2.05, 4.69) is 0 Å². The number of amides is 1. The molecule has 0 aromatic heterocycles. The van der Waals surface area contributed by atoms with E-state index in [1.54, 1.807) is 6.92 Å². The van der Waals surface area contributed by atoms with Gasteiger partial charge in [-0.05, 0) is 13.5 Å². The predicted molar refractivity (Wildman–Crippen MR) is 69.3 cm³/mol. The lowest BCUT2D eigenvalue weighted by Gasteiger charge is -2.42. The topological polar surface area (TPSA) is 35.6 Å². The van der Waals surface area contributed by atoms with Gasteiger partial charge in [-0.15, -0.1) is 0 Å². The van der Waals surface area contributed by atoms with Crippen molar-refractivity contribution in [1.82, 2.24) is 15.1 Å². The van der Waals surface area contributed by atoms with E-state index in [1.807, 2.05) is 0 Å². The maximum Gasteiger partial charge on any atom is 0.469 e. The van der Waals surface area contributed by atoms with Crippen LogP contribution in [0.3, 0.4) is 0 Å². The Morgan fingerprint density at radius 1 is 0.929 bits per heavy atom. The Kier molecular flexibility index (Phi) is 8.46. The fourth-order valence-corrected chi connectivity index (χ4v) is 1.73. The van der Waals surface area contributed by atoms with Crippen molar-refractivity contribution in [3.63, 3.8) is 0 Å². The minimum Gasteiger partial charge on any atom is -0.353 e. The van der Waals surface area contributed by atoms with E-state index < -0.39 is 66.5 Å². The lowest BCUT2D eigenvalue weighted by molar-refractivity contribution is -0.452. The van der Waals surface area contributed by atoms with Crippen molar-refractivity contribution in [3.8, 4) is 0 Å². The van der Waals surface area contributed by atoms with Crippen molar-refractivity contribution in [1.29, 1.82) is 0 Å². The summed E-state index contributed by atoms with van der Waals surface area (Å²) < 4.78 is 157. The van der Waals surface area contributed by atoms with Crippen LogP contribution in [0.4, 0.5) is 52.7 Å². The second-order valence-corrected chi connectivity index (χ2v) is 5.35. The number of rotatable bonds is 10. The average Bonchev–Trinajstić information content (AvgIpc) is 2.50. The molecule has 0 aromatic carbocycles. The van der Waals surface area contributed by atoms with Crippen LogP contribution >= 0.6 is 0 Å². The Balaban J connectivity index is 5.82. The van der Waals surface area contributed by atoms with Gasteiger partial charge in [0, 0.05) is 6.54 Å². The fraction of sp³-hybridized carbons (Fsp3) is 0.917. The molecule has 1 amide bonds. The molecule has 168 valence electrons. The number of unbranched alkanes of at least 4 members (excludes halogenated alkanes) is 1. The monoisotopic (exact) mass is 445 g/mol. The molecule has 0 fully saturated rings. The van der Waals surface area contributed by atoms with Crippen LogP contribution in [0, 0.1) is 0 Å². The van der Waals surface area contributed by atoms with Crippen LogP contribution < -0.4 is 5.32 Å². The van der Waals surface area contributed by atoms with E-state index in [9.17, 15) is 57.5 Å². The molecule has 0 radical (unpaired) electrons. The molecule has 4 nitrogen and oxygen atoms in total. The van der Waals surface area contributed by atoms with Crippen molar-refractivity contribution < 1.29 is 57.5 Å². The second-order valence-electron chi connectivity index (χ2n) is 5.35. The van der Waals surface area contributed by atoms with E-state index in [1.165, 1.54) is 5.32 Å². The van der Waals surface area contributed by atoms with Gasteiger partial charge in [0.2, 0.25) is 0 Å². The SMILES string of the molecule is CCCCNC(=O)C(F)C(F)(F)N(C)C(F)(F)C(F)(F)N(C(F)F)C(F)(F)F. The van der Waals surface area contributed by atoms with Gasteiger partial charge in [0.15, 0.2) is 0 Å². The second kappa shape index (κ2) is 8.92. The van der Waals surface area contributed by atoms with E-state index >= 15 is 0 Å². The normalized spacial score (nSPS) is 15.5. The minimum absolute atomic E-state index is 0.142. The Hall–Kier alpha value is -1.45. The molecule has 0 bridgehead atoms. The maximum atomic E-state index is 13.7.